The molecule has 0 radical (unpaired) electrons. The van der Waals surface area contributed by atoms with Crippen molar-refractivity contribution in [3.63, 3.8) is 0 Å². The second kappa shape index (κ2) is 14.4. The van der Waals surface area contributed by atoms with E-state index in [1.54, 1.807) is 24.3 Å². The molecule has 0 fully saturated rings. The Kier molecular flexibility index (Phi) is 12.2. The van der Waals surface area contributed by atoms with Gasteiger partial charge in [0, 0.05) is 25.0 Å². The fourth-order valence-electron chi connectivity index (χ4n) is 3.66. The van der Waals surface area contributed by atoms with Gasteiger partial charge >= 0.3 is 11.9 Å². The normalized spacial score (nSPS) is 13.3. The van der Waals surface area contributed by atoms with Crippen molar-refractivity contribution in [2.75, 3.05) is 30.6 Å². The smallest absolute Gasteiger partial charge is 0.303 e. The van der Waals surface area contributed by atoms with Crippen LogP contribution in [0.3, 0.4) is 0 Å². The zero-order valence-corrected chi connectivity index (χ0v) is 25.5. The van der Waals surface area contributed by atoms with Gasteiger partial charge in [-0.1, -0.05) is 56.1 Å². The summed E-state index contributed by atoms with van der Waals surface area (Å²) in [5.74, 6) is -0.648. The van der Waals surface area contributed by atoms with E-state index < -0.39 is 39.4 Å². The molecule has 0 aliphatic heterocycles. The number of halogens is 3. The number of esters is 2. The summed E-state index contributed by atoms with van der Waals surface area (Å²) in [5.41, 5.74) is 1.24. The quantitative estimate of drug-likeness (QED) is 0.197. The van der Waals surface area contributed by atoms with Crippen LogP contribution in [0.15, 0.2) is 36.4 Å². The third-order valence-electron chi connectivity index (χ3n) is 5.86. The summed E-state index contributed by atoms with van der Waals surface area (Å²) in [6, 6.07) is 10.9. The van der Waals surface area contributed by atoms with E-state index in [1.807, 2.05) is 26.0 Å². The van der Waals surface area contributed by atoms with E-state index in [2.05, 4.69) is 0 Å². The van der Waals surface area contributed by atoms with Crippen LogP contribution in [0.5, 0.6) is 11.5 Å². The summed E-state index contributed by atoms with van der Waals surface area (Å²) in [7, 11) is -3.42. The number of benzene rings is 2. The lowest BCUT2D eigenvalue weighted by Gasteiger charge is -2.27. The van der Waals surface area contributed by atoms with Gasteiger partial charge < -0.3 is 18.9 Å². The Morgan fingerprint density at radius 1 is 0.872 bits per heavy atom. The van der Waals surface area contributed by atoms with Crippen molar-refractivity contribution in [1.29, 1.82) is 0 Å². The van der Waals surface area contributed by atoms with Gasteiger partial charge in [0.2, 0.25) is 0 Å². The Hall–Kier alpha value is -2.20. The van der Waals surface area contributed by atoms with Gasteiger partial charge in [0.05, 0.1) is 21.7 Å². The molecule has 0 saturated carbocycles. The topological polar surface area (TPSA) is 105 Å². The lowest BCUT2D eigenvalue weighted by atomic mass is 9.78. The highest BCUT2D eigenvalue weighted by molar-refractivity contribution is 7.91. The molecule has 0 N–H and O–H groups in total. The summed E-state index contributed by atoms with van der Waals surface area (Å²) in [6.45, 7) is 7.92. The van der Waals surface area contributed by atoms with Crippen LogP contribution in [0.2, 0.25) is 10.0 Å². The number of carbonyl (C=O) groups is 2. The van der Waals surface area contributed by atoms with Crippen molar-refractivity contribution in [2.24, 2.45) is 0 Å². The van der Waals surface area contributed by atoms with Crippen LogP contribution in [0.4, 0.5) is 0 Å². The lowest BCUT2D eigenvalue weighted by Crippen LogP contribution is -2.32. The van der Waals surface area contributed by atoms with E-state index in [1.165, 1.54) is 20.8 Å². The van der Waals surface area contributed by atoms with Gasteiger partial charge in [-0.15, -0.1) is 11.6 Å². The summed E-state index contributed by atoms with van der Waals surface area (Å²) < 4.78 is 45.7. The molecule has 0 spiro atoms. The van der Waals surface area contributed by atoms with Crippen LogP contribution in [-0.2, 0) is 34.3 Å². The fraction of sp³-hybridized carbons (Fsp3) is 0.481. The number of alkyl halides is 1. The summed E-state index contributed by atoms with van der Waals surface area (Å²) in [4.78, 5) is 22.6. The molecule has 0 aliphatic carbocycles. The number of ether oxygens (including phenoxy) is 4. The number of hydrogen-bond donors (Lipinski definition) is 0. The predicted octanol–water partition coefficient (Wildman–Crippen LogP) is 5.61. The molecule has 2 atom stereocenters. The van der Waals surface area contributed by atoms with E-state index in [-0.39, 0.29) is 46.4 Å². The predicted molar refractivity (Wildman–Crippen MR) is 152 cm³/mol. The van der Waals surface area contributed by atoms with Gasteiger partial charge in [-0.3, -0.25) is 9.59 Å². The van der Waals surface area contributed by atoms with Gasteiger partial charge in [-0.25, -0.2) is 8.42 Å². The van der Waals surface area contributed by atoms with E-state index in [0.29, 0.717) is 5.75 Å². The number of rotatable bonds is 14. The monoisotopic (exact) mass is 622 g/mol. The fourth-order valence-corrected chi connectivity index (χ4v) is 5.37. The molecule has 2 aromatic carbocycles. The van der Waals surface area contributed by atoms with Crippen molar-refractivity contribution in [1.82, 2.24) is 0 Å². The maximum atomic E-state index is 12.0. The second-order valence-corrected chi connectivity index (χ2v) is 12.9. The molecule has 0 aromatic heterocycles. The molecule has 2 rings (SSSR count). The Balaban J connectivity index is 2.17. The third kappa shape index (κ3) is 10.0. The molecule has 0 amide bonds. The average molecular weight is 624 g/mol. The second-order valence-electron chi connectivity index (χ2n) is 9.36. The molecule has 2 unspecified atom stereocenters. The summed E-state index contributed by atoms with van der Waals surface area (Å²) >= 11 is 18.9. The number of carbonyl (C=O) groups excluding carboxylic acids is 2. The first-order valence-corrected chi connectivity index (χ1v) is 15.3. The van der Waals surface area contributed by atoms with Gasteiger partial charge in [0.15, 0.2) is 15.6 Å². The first-order valence-electron chi connectivity index (χ1n) is 12.1. The molecule has 8 nitrogen and oxygen atoms in total. The molecule has 216 valence electrons. The van der Waals surface area contributed by atoms with Crippen LogP contribution in [-0.4, -0.2) is 63.2 Å². The minimum Gasteiger partial charge on any atom is -0.490 e. The number of sulfone groups is 1. The van der Waals surface area contributed by atoms with Gasteiger partial charge in [-0.2, -0.15) is 0 Å². The minimum absolute atomic E-state index is 0.0919. The Morgan fingerprint density at radius 3 is 1.87 bits per heavy atom. The Bertz CT molecular complexity index is 1220. The summed E-state index contributed by atoms with van der Waals surface area (Å²) in [5, 5.41) is 0.450. The minimum atomic E-state index is -3.42. The van der Waals surface area contributed by atoms with Gasteiger partial charge in [0.1, 0.15) is 31.2 Å². The highest BCUT2D eigenvalue weighted by Crippen LogP contribution is 2.40. The lowest BCUT2D eigenvalue weighted by molar-refractivity contribution is -0.147. The number of hydrogen-bond acceptors (Lipinski definition) is 8. The molecule has 2 aromatic rings. The molecule has 0 bridgehead atoms. The van der Waals surface area contributed by atoms with Crippen molar-refractivity contribution in [3.8, 4) is 11.5 Å². The SMILES string of the molecule is CCS(=O)(=O)CC(COc1c(Cl)cc(C(C)(C)c2ccc(OCC(CCl)OC(C)=O)cc2)cc1Cl)OC(C)=O. The maximum Gasteiger partial charge on any atom is 0.303 e. The van der Waals surface area contributed by atoms with E-state index in [0.717, 1.165) is 11.1 Å². The van der Waals surface area contributed by atoms with Crippen molar-refractivity contribution in [2.45, 2.75) is 52.2 Å². The standard InChI is InChI=1S/C27H33Cl3O8S/c1-6-39(33,34)16-23(38-18(3)32)15-36-26-24(29)11-20(12-25(26)30)27(4,5)19-7-9-21(10-8-19)35-14-22(13-28)37-17(2)31/h7-12,22-23H,6,13-16H2,1-5H3. The zero-order valence-electron chi connectivity index (χ0n) is 22.5. The average Bonchev–Trinajstić information content (AvgIpc) is 2.85. The first-order chi connectivity index (χ1) is 18.2. The molecule has 0 heterocycles. The van der Waals surface area contributed by atoms with Crippen LogP contribution >= 0.6 is 34.8 Å². The molecule has 0 aliphatic rings. The highest BCUT2D eigenvalue weighted by Gasteiger charge is 2.27. The van der Waals surface area contributed by atoms with Crippen LogP contribution in [0.25, 0.3) is 0 Å². The van der Waals surface area contributed by atoms with Crippen molar-refractivity contribution >= 4 is 56.6 Å². The van der Waals surface area contributed by atoms with E-state index >= 15 is 0 Å². The molecule has 39 heavy (non-hydrogen) atoms. The molecule has 12 heteroatoms. The maximum absolute atomic E-state index is 12.0. The third-order valence-corrected chi connectivity index (χ3v) is 8.53. The van der Waals surface area contributed by atoms with Gasteiger partial charge in [0.25, 0.3) is 0 Å². The van der Waals surface area contributed by atoms with Crippen LogP contribution in [0, 0.1) is 0 Å². The van der Waals surface area contributed by atoms with Crippen LogP contribution in [0.1, 0.15) is 45.7 Å². The van der Waals surface area contributed by atoms with E-state index in [4.69, 9.17) is 53.8 Å². The van der Waals surface area contributed by atoms with E-state index in [9.17, 15) is 18.0 Å². The highest BCUT2D eigenvalue weighted by atomic mass is 35.5. The van der Waals surface area contributed by atoms with Gasteiger partial charge in [-0.05, 0) is 35.4 Å². The zero-order chi connectivity index (χ0) is 29.4. The molecular formula is C27H33Cl3O8S. The van der Waals surface area contributed by atoms with Crippen LogP contribution < -0.4 is 9.47 Å². The largest absolute Gasteiger partial charge is 0.490 e. The van der Waals surface area contributed by atoms with Crippen molar-refractivity contribution in [3.05, 3.63) is 57.6 Å². The Morgan fingerprint density at radius 2 is 1.38 bits per heavy atom. The first kappa shape index (κ1) is 33.0. The molecule has 0 saturated heterocycles. The molecular weight excluding hydrogens is 591 g/mol. The summed E-state index contributed by atoms with van der Waals surface area (Å²) in [6.07, 6.45) is -1.56. The van der Waals surface area contributed by atoms with Crippen molar-refractivity contribution < 1.29 is 37.0 Å². The Labute approximate surface area is 244 Å².